The molecule has 0 spiro atoms. The van der Waals surface area contributed by atoms with Crippen LogP contribution < -0.4 is 16.4 Å². The van der Waals surface area contributed by atoms with E-state index < -0.39 is 49.1 Å². The van der Waals surface area contributed by atoms with E-state index in [4.69, 9.17) is 21.1 Å². The number of hydrogen-bond donors (Lipinski definition) is 7. The molecule has 0 radical (unpaired) electrons. The first-order valence-electron chi connectivity index (χ1n) is 7.37. The molecule has 0 heterocycles. The fourth-order valence-corrected chi connectivity index (χ4v) is 1.90. The molecule has 0 aromatic heterocycles. The van der Waals surface area contributed by atoms with Crippen LogP contribution in [-0.2, 0) is 20.8 Å². The number of aliphatic hydroxyl groups excluding tert-OH is 2. The van der Waals surface area contributed by atoms with Crippen LogP contribution in [0, 0.1) is 0 Å². The largest absolute Gasteiger partial charge is 0.508 e. The number of rotatable bonds is 9. The highest BCUT2D eigenvalue weighted by atomic mass is 16.4. The third kappa shape index (κ3) is 6.37. The van der Waals surface area contributed by atoms with Gasteiger partial charge in [0.05, 0.1) is 13.2 Å². The Morgan fingerprint density at radius 1 is 0.960 bits per heavy atom. The molecule has 0 saturated heterocycles. The standard InChI is InChI=1S/C15H21N3O7/c16-10(6-19)13(22)17-11(5-8-1-3-9(21)4-2-8)14(23)18-12(7-20)15(24)25/h1-4,10-12,19-21H,5-7,16H2,(H,17,22)(H,18,23)(H,24,25)/t10-,11-,12+/m0/s1. The Labute approximate surface area is 143 Å². The number of aliphatic carboxylic acids is 1. The predicted molar refractivity (Wildman–Crippen MR) is 85.5 cm³/mol. The van der Waals surface area contributed by atoms with E-state index in [1.165, 1.54) is 24.3 Å². The van der Waals surface area contributed by atoms with Crippen molar-refractivity contribution in [1.82, 2.24) is 10.6 Å². The van der Waals surface area contributed by atoms with E-state index in [1.54, 1.807) is 0 Å². The molecule has 0 aliphatic heterocycles. The Hall–Kier alpha value is -2.69. The lowest BCUT2D eigenvalue weighted by atomic mass is 10.0. The summed E-state index contributed by atoms with van der Waals surface area (Å²) in [4.78, 5) is 35.0. The molecule has 10 nitrogen and oxygen atoms in total. The lowest BCUT2D eigenvalue weighted by Crippen LogP contribution is -2.56. The maximum atomic E-state index is 12.3. The zero-order valence-electron chi connectivity index (χ0n) is 13.3. The van der Waals surface area contributed by atoms with Crippen LogP contribution in [0.3, 0.4) is 0 Å². The maximum Gasteiger partial charge on any atom is 0.328 e. The van der Waals surface area contributed by atoms with E-state index in [0.717, 1.165) is 0 Å². The molecule has 0 aliphatic rings. The predicted octanol–water partition coefficient (Wildman–Crippen LogP) is -2.70. The van der Waals surface area contributed by atoms with E-state index in [-0.39, 0.29) is 12.2 Å². The Morgan fingerprint density at radius 2 is 1.52 bits per heavy atom. The van der Waals surface area contributed by atoms with Gasteiger partial charge in [-0.3, -0.25) is 9.59 Å². The highest BCUT2D eigenvalue weighted by molar-refractivity contribution is 5.92. The first-order valence-corrected chi connectivity index (χ1v) is 7.37. The van der Waals surface area contributed by atoms with Crippen molar-refractivity contribution in [3.63, 3.8) is 0 Å². The number of carbonyl (C=O) groups excluding carboxylic acids is 2. The van der Waals surface area contributed by atoms with Crippen molar-refractivity contribution in [1.29, 1.82) is 0 Å². The van der Waals surface area contributed by atoms with Crippen LogP contribution in [0.4, 0.5) is 0 Å². The molecule has 0 fully saturated rings. The molecule has 2 amide bonds. The summed E-state index contributed by atoms with van der Waals surface area (Å²) in [6.45, 7) is -1.45. The van der Waals surface area contributed by atoms with Crippen molar-refractivity contribution < 1.29 is 34.8 Å². The minimum atomic E-state index is -1.53. The molecule has 0 bridgehead atoms. The third-order valence-corrected chi connectivity index (χ3v) is 3.34. The van der Waals surface area contributed by atoms with E-state index in [2.05, 4.69) is 10.6 Å². The van der Waals surface area contributed by atoms with Crippen LogP contribution in [-0.4, -0.2) is 69.5 Å². The monoisotopic (exact) mass is 355 g/mol. The Kier molecular flexibility index (Phi) is 7.79. The SMILES string of the molecule is N[C@@H](CO)C(=O)N[C@@H](Cc1ccc(O)cc1)C(=O)N[C@H](CO)C(=O)O. The third-order valence-electron chi connectivity index (χ3n) is 3.34. The second-order valence-electron chi connectivity index (χ2n) is 5.30. The number of phenolic OH excluding ortho intramolecular Hbond substituents is 1. The number of aromatic hydroxyl groups is 1. The van der Waals surface area contributed by atoms with Gasteiger partial charge in [0.25, 0.3) is 0 Å². The highest BCUT2D eigenvalue weighted by Crippen LogP contribution is 2.11. The van der Waals surface area contributed by atoms with Gasteiger partial charge in [0.15, 0.2) is 0 Å². The van der Waals surface area contributed by atoms with Gasteiger partial charge in [-0.15, -0.1) is 0 Å². The Morgan fingerprint density at radius 3 is 2.00 bits per heavy atom. The molecule has 10 heteroatoms. The van der Waals surface area contributed by atoms with E-state index in [0.29, 0.717) is 5.56 Å². The second kappa shape index (κ2) is 9.57. The summed E-state index contributed by atoms with van der Waals surface area (Å²) in [5, 5.41) is 40.5. The number of nitrogens with one attached hydrogen (secondary N) is 2. The number of carboxylic acid groups (broad SMARTS) is 1. The van der Waals surface area contributed by atoms with Crippen LogP contribution in [0.5, 0.6) is 5.75 Å². The Balaban J connectivity index is 2.92. The van der Waals surface area contributed by atoms with Gasteiger partial charge in [0.1, 0.15) is 23.9 Å². The van der Waals surface area contributed by atoms with E-state index in [1.807, 2.05) is 0 Å². The summed E-state index contributed by atoms with van der Waals surface area (Å²) in [6, 6.07) is 1.85. The van der Waals surface area contributed by atoms with Crippen LogP contribution in [0.25, 0.3) is 0 Å². The normalized spacial score (nSPS) is 14.2. The summed E-state index contributed by atoms with van der Waals surface area (Å²) in [5.74, 6) is -3.05. The summed E-state index contributed by atoms with van der Waals surface area (Å²) in [7, 11) is 0. The molecule has 1 aromatic rings. The molecule has 1 aromatic carbocycles. The molecule has 0 saturated carbocycles. The number of carbonyl (C=O) groups is 3. The Bertz CT molecular complexity index is 606. The fraction of sp³-hybridized carbons (Fsp3) is 0.400. The molecule has 0 aliphatic carbocycles. The number of phenols is 1. The summed E-state index contributed by atoms with van der Waals surface area (Å²) in [6.07, 6.45) is -0.0201. The molecule has 3 atom stereocenters. The quantitative estimate of drug-likeness (QED) is 0.250. The number of aliphatic hydroxyl groups is 2. The first kappa shape index (κ1) is 20.4. The number of carboxylic acids is 1. The molecule has 0 unspecified atom stereocenters. The van der Waals surface area contributed by atoms with Crippen molar-refractivity contribution in [3.05, 3.63) is 29.8 Å². The number of nitrogens with two attached hydrogens (primary N) is 1. The van der Waals surface area contributed by atoms with Gasteiger partial charge in [-0.1, -0.05) is 12.1 Å². The van der Waals surface area contributed by atoms with Gasteiger partial charge >= 0.3 is 5.97 Å². The smallest absolute Gasteiger partial charge is 0.328 e. The second-order valence-corrected chi connectivity index (χ2v) is 5.30. The van der Waals surface area contributed by atoms with Crippen molar-refractivity contribution >= 4 is 17.8 Å². The van der Waals surface area contributed by atoms with Gasteiger partial charge in [-0.05, 0) is 17.7 Å². The van der Waals surface area contributed by atoms with Gasteiger partial charge < -0.3 is 36.8 Å². The molecule has 138 valence electrons. The summed E-state index contributed by atoms with van der Waals surface area (Å²) in [5.41, 5.74) is 5.97. The minimum Gasteiger partial charge on any atom is -0.508 e. The van der Waals surface area contributed by atoms with Crippen molar-refractivity contribution in [2.45, 2.75) is 24.5 Å². The van der Waals surface area contributed by atoms with Gasteiger partial charge in [0.2, 0.25) is 11.8 Å². The zero-order chi connectivity index (χ0) is 19.0. The molecule has 25 heavy (non-hydrogen) atoms. The number of hydrogen-bond acceptors (Lipinski definition) is 7. The van der Waals surface area contributed by atoms with Crippen molar-refractivity contribution in [3.8, 4) is 5.75 Å². The van der Waals surface area contributed by atoms with Crippen LogP contribution in [0.15, 0.2) is 24.3 Å². The number of benzene rings is 1. The van der Waals surface area contributed by atoms with Gasteiger partial charge in [-0.25, -0.2) is 4.79 Å². The molecular formula is C15H21N3O7. The number of amides is 2. The first-order chi connectivity index (χ1) is 11.8. The van der Waals surface area contributed by atoms with Crippen molar-refractivity contribution in [2.75, 3.05) is 13.2 Å². The van der Waals surface area contributed by atoms with Crippen LogP contribution in [0.2, 0.25) is 0 Å². The molecule has 8 N–H and O–H groups in total. The molecular weight excluding hydrogens is 334 g/mol. The van der Waals surface area contributed by atoms with Gasteiger partial charge in [0, 0.05) is 6.42 Å². The summed E-state index contributed by atoms with van der Waals surface area (Å²) < 4.78 is 0. The lowest BCUT2D eigenvalue weighted by Gasteiger charge is -2.22. The molecule has 1 rings (SSSR count). The van der Waals surface area contributed by atoms with E-state index >= 15 is 0 Å². The average molecular weight is 355 g/mol. The topological polar surface area (TPSA) is 182 Å². The highest BCUT2D eigenvalue weighted by Gasteiger charge is 2.27. The van der Waals surface area contributed by atoms with Crippen LogP contribution >= 0.6 is 0 Å². The minimum absolute atomic E-state index is 0.0160. The zero-order valence-corrected chi connectivity index (χ0v) is 13.3. The van der Waals surface area contributed by atoms with Crippen molar-refractivity contribution in [2.24, 2.45) is 5.73 Å². The summed E-state index contributed by atoms with van der Waals surface area (Å²) >= 11 is 0. The van der Waals surface area contributed by atoms with E-state index in [9.17, 15) is 19.5 Å². The van der Waals surface area contributed by atoms with Gasteiger partial charge in [-0.2, -0.15) is 0 Å². The van der Waals surface area contributed by atoms with Crippen LogP contribution in [0.1, 0.15) is 5.56 Å². The lowest BCUT2D eigenvalue weighted by molar-refractivity contribution is -0.143. The fourth-order valence-electron chi connectivity index (χ4n) is 1.90. The maximum absolute atomic E-state index is 12.3. The average Bonchev–Trinajstić information content (AvgIpc) is 2.59.